The van der Waals surface area contributed by atoms with Crippen LogP contribution in [-0.4, -0.2) is 28.8 Å². The number of aromatic hydroxyl groups is 1. The molecule has 3 N–H and O–H groups in total. The van der Waals surface area contributed by atoms with E-state index in [2.05, 4.69) is 15.5 Å². The molecule has 0 aliphatic heterocycles. The number of amides is 1. The molecular weight excluding hydrogens is 306 g/mol. The maximum Gasteiger partial charge on any atom is 0.273 e. The first-order valence-corrected chi connectivity index (χ1v) is 7.55. The quantitative estimate of drug-likeness (QED) is 0.498. The Kier molecular flexibility index (Phi) is 4.47. The molecule has 1 amide bonds. The largest absolute Gasteiger partial charge is 0.504 e. The second-order valence-corrected chi connectivity index (χ2v) is 5.07. The molecule has 0 saturated carbocycles. The van der Waals surface area contributed by atoms with E-state index in [0.29, 0.717) is 23.5 Å². The molecule has 24 heavy (non-hydrogen) atoms. The standard InChI is InChI=1S/C18H17N3O3/c1-2-24-16-9-5-6-12(17(16)22)10-20-21-18(23)14-11-19-15-8-4-3-7-13(14)15/h3-11,19,22H,2H2,1H3,(H,21,23)/b20-10-. The Labute approximate surface area is 138 Å². The van der Waals surface area contributed by atoms with E-state index in [1.165, 1.54) is 6.21 Å². The van der Waals surface area contributed by atoms with Gasteiger partial charge in [-0.3, -0.25) is 4.79 Å². The number of hydrazone groups is 1. The summed E-state index contributed by atoms with van der Waals surface area (Å²) in [5.74, 6) is 0.0398. The molecule has 0 saturated heterocycles. The first kappa shape index (κ1) is 15.6. The third-order valence-corrected chi connectivity index (χ3v) is 3.53. The highest BCUT2D eigenvalue weighted by Crippen LogP contribution is 2.28. The fourth-order valence-electron chi connectivity index (χ4n) is 2.40. The van der Waals surface area contributed by atoms with Crippen LogP contribution in [0.2, 0.25) is 0 Å². The first-order valence-electron chi connectivity index (χ1n) is 7.55. The molecule has 3 rings (SSSR count). The van der Waals surface area contributed by atoms with E-state index in [1.54, 1.807) is 24.4 Å². The molecule has 3 aromatic rings. The van der Waals surface area contributed by atoms with Gasteiger partial charge in [-0.15, -0.1) is 0 Å². The topological polar surface area (TPSA) is 86.7 Å². The average Bonchev–Trinajstić information content (AvgIpc) is 3.02. The molecular formula is C18H17N3O3. The van der Waals surface area contributed by atoms with Crippen molar-refractivity contribution >= 4 is 23.0 Å². The van der Waals surface area contributed by atoms with Crippen molar-refractivity contribution in [3.05, 3.63) is 59.8 Å². The lowest BCUT2D eigenvalue weighted by Crippen LogP contribution is -2.17. The number of aromatic amines is 1. The second kappa shape index (κ2) is 6.87. The number of hydrogen-bond acceptors (Lipinski definition) is 4. The van der Waals surface area contributed by atoms with Crippen molar-refractivity contribution < 1.29 is 14.6 Å². The molecule has 0 radical (unpaired) electrons. The van der Waals surface area contributed by atoms with Gasteiger partial charge in [-0.1, -0.05) is 24.3 Å². The summed E-state index contributed by atoms with van der Waals surface area (Å²) in [4.78, 5) is 15.3. The van der Waals surface area contributed by atoms with Crippen LogP contribution in [0.15, 0.2) is 53.8 Å². The third-order valence-electron chi connectivity index (χ3n) is 3.53. The molecule has 0 bridgehead atoms. The summed E-state index contributed by atoms with van der Waals surface area (Å²) in [6.45, 7) is 2.28. The van der Waals surface area contributed by atoms with Crippen LogP contribution in [0.25, 0.3) is 10.9 Å². The zero-order chi connectivity index (χ0) is 16.9. The summed E-state index contributed by atoms with van der Waals surface area (Å²) in [5.41, 5.74) is 4.31. The van der Waals surface area contributed by atoms with Gasteiger partial charge in [-0.25, -0.2) is 5.43 Å². The van der Waals surface area contributed by atoms with Crippen LogP contribution in [0.1, 0.15) is 22.8 Å². The predicted molar refractivity (Wildman–Crippen MR) is 92.6 cm³/mol. The minimum Gasteiger partial charge on any atom is -0.504 e. The molecule has 0 atom stereocenters. The molecule has 0 aliphatic rings. The minimum absolute atomic E-state index is 0.00977. The zero-order valence-electron chi connectivity index (χ0n) is 13.1. The number of aromatic nitrogens is 1. The highest BCUT2D eigenvalue weighted by Gasteiger charge is 2.11. The number of rotatable bonds is 5. The van der Waals surface area contributed by atoms with Crippen molar-refractivity contribution in [3.63, 3.8) is 0 Å². The summed E-state index contributed by atoms with van der Waals surface area (Å²) in [6.07, 6.45) is 3.02. The second-order valence-electron chi connectivity index (χ2n) is 5.07. The molecule has 0 unspecified atom stereocenters. The lowest BCUT2D eigenvalue weighted by atomic mass is 10.2. The van der Waals surface area contributed by atoms with E-state index < -0.39 is 0 Å². The Morgan fingerprint density at radius 3 is 2.96 bits per heavy atom. The number of nitrogens with zero attached hydrogens (tertiary/aromatic N) is 1. The van der Waals surface area contributed by atoms with Gasteiger partial charge in [-0.05, 0) is 25.1 Å². The SMILES string of the molecule is CCOc1cccc(/C=N\NC(=O)c2c[nH]c3ccccc23)c1O. The smallest absolute Gasteiger partial charge is 0.273 e. The van der Waals surface area contributed by atoms with Crippen molar-refractivity contribution in [3.8, 4) is 11.5 Å². The Morgan fingerprint density at radius 1 is 1.29 bits per heavy atom. The van der Waals surface area contributed by atoms with Crippen molar-refractivity contribution in [1.29, 1.82) is 0 Å². The number of phenolic OH excluding ortho intramolecular Hbond substituents is 1. The van der Waals surface area contributed by atoms with Crippen LogP contribution < -0.4 is 10.2 Å². The van der Waals surface area contributed by atoms with Gasteiger partial charge in [-0.2, -0.15) is 5.10 Å². The van der Waals surface area contributed by atoms with E-state index in [9.17, 15) is 9.90 Å². The van der Waals surface area contributed by atoms with Crippen LogP contribution in [-0.2, 0) is 0 Å². The summed E-state index contributed by atoms with van der Waals surface area (Å²) in [7, 11) is 0. The maximum absolute atomic E-state index is 12.2. The molecule has 1 aromatic heterocycles. The Hall–Kier alpha value is -3.28. The van der Waals surface area contributed by atoms with Crippen LogP contribution in [0.5, 0.6) is 11.5 Å². The molecule has 6 nitrogen and oxygen atoms in total. The number of carbonyl (C=O) groups is 1. The predicted octanol–water partition coefficient (Wildman–Crippen LogP) is 3.04. The number of nitrogens with one attached hydrogen (secondary N) is 2. The molecule has 6 heteroatoms. The molecule has 0 aliphatic carbocycles. The van der Waals surface area contributed by atoms with Gasteiger partial charge >= 0.3 is 0 Å². The molecule has 0 spiro atoms. The fraction of sp³-hybridized carbons (Fsp3) is 0.111. The highest BCUT2D eigenvalue weighted by molar-refractivity contribution is 6.06. The monoisotopic (exact) mass is 323 g/mol. The van der Waals surface area contributed by atoms with Crippen LogP contribution in [0.4, 0.5) is 0 Å². The van der Waals surface area contributed by atoms with E-state index in [0.717, 1.165) is 10.9 Å². The number of benzene rings is 2. The minimum atomic E-state index is -0.329. The van der Waals surface area contributed by atoms with Crippen molar-refractivity contribution in [2.45, 2.75) is 6.92 Å². The van der Waals surface area contributed by atoms with E-state index in [1.807, 2.05) is 31.2 Å². The van der Waals surface area contributed by atoms with Crippen LogP contribution in [0.3, 0.4) is 0 Å². The average molecular weight is 323 g/mol. The normalized spacial score (nSPS) is 11.0. The number of hydrogen-bond donors (Lipinski definition) is 3. The van der Waals surface area contributed by atoms with Crippen molar-refractivity contribution in [2.24, 2.45) is 5.10 Å². The van der Waals surface area contributed by atoms with Crippen LogP contribution >= 0.6 is 0 Å². The number of carbonyl (C=O) groups excluding carboxylic acids is 1. The molecule has 0 fully saturated rings. The van der Waals surface area contributed by atoms with Gasteiger partial charge in [0, 0.05) is 22.7 Å². The lowest BCUT2D eigenvalue weighted by molar-refractivity contribution is 0.0957. The first-order chi connectivity index (χ1) is 11.7. The van der Waals surface area contributed by atoms with Gasteiger partial charge in [0.15, 0.2) is 11.5 Å². The Bertz CT molecular complexity index is 899. The highest BCUT2D eigenvalue weighted by atomic mass is 16.5. The van der Waals surface area contributed by atoms with E-state index >= 15 is 0 Å². The van der Waals surface area contributed by atoms with Gasteiger partial charge in [0.05, 0.1) is 18.4 Å². The number of ether oxygens (including phenoxy) is 1. The van der Waals surface area contributed by atoms with Crippen molar-refractivity contribution in [1.82, 2.24) is 10.4 Å². The molecule has 122 valence electrons. The van der Waals surface area contributed by atoms with Crippen LogP contribution in [0, 0.1) is 0 Å². The van der Waals surface area contributed by atoms with Gasteiger partial charge in [0.25, 0.3) is 5.91 Å². The third kappa shape index (κ3) is 3.08. The van der Waals surface area contributed by atoms with Gasteiger partial charge in [0.1, 0.15) is 0 Å². The summed E-state index contributed by atoms with van der Waals surface area (Å²) >= 11 is 0. The summed E-state index contributed by atoms with van der Waals surface area (Å²) in [6, 6.07) is 12.6. The number of H-pyrrole nitrogens is 1. The lowest BCUT2D eigenvalue weighted by Gasteiger charge is -2.07. The van der Waals surface area contributed by atoms with Crippen molar-refractivity contribution in [2.75, 3.05) is 6.61 Å². The fourth-order valence-corrected chi connectivity index (χ4v) is 2.40. The van der Waals surface area contributed by atoms with Gasteiger partial charge < -0.3 is 14.8 Å². The Morgan fingerprint density at radius 2 is 2.12 bits per heavy atom. The molecule has 1 heterocycles. The zero-order valence-corrected chi connectivity index (χ0v) is 13.1. The number of fused-ring (bicyclic) bond motifs is 1. The number of para-hydroxylation sites is 2. The summed E-state index contributed by atoms with van der Waals surface area (Å²) in [5, 5.41) is 14.8. The maximum atomic E-state index is 12.2. The van der Waals surface area contributed by atoms with E-state index in [4.69, 9.17) is 4.74 Å². The summed E-state index contributed by atoms with van der Waals surface area (Å²) < 4.78 is 5.31. The van der Waals surface area contributed by atoms with E-state index in [-0.39, 0.29) is 11.7 Å². The Balaban J connectivity index is 1.75. The molecule has 2 aromatic carbocycles. The van der Waals surface area contributed by atoms with Gasteiger partial charge in [0.2, 0.25) is 0 Å². The number of phenols is 1.